The fraction of sp³-hybridized carbons (Fsp3) is 0. The van der Waals surface area contributed by atoms with Crippen LogP contribution in [0, 0.1) is 0 Å². The summed E-state index contributed by atoms with van der Waals surface area (Å²) in [7, 11) is 0. The van der Waals surface area contributed by atoms with Crippen molar-refractivity contribution in [1.82, 2.24) is 0 Å². The minimum atomic E-state index is 0.908. The molecular formula is C40H24O. The summed E-state index contributed by atoms with van der Waals surface area (Å²) >= 11 is 0. The smallest absolute Gasteiger partial charge is 0.135 e. The first kappa shape index (κ1) is 22.4. The van der Waals surface area contributed by atoms with Gasteiger partial charge in [-0.3, -0.25) is 0 Å². The molecule has 1 nitrogen and oxygen atoms in total. The molecule has 8 aromatic carbocycles. The minimum Gasteiger partial charge on any atom is -0.456 e. The van der Waals surface area contributed by atoms with Crippen LogP contribution < -0.4 is 4.74 Å². The molecule has 0 radical (unpaired) electrons. The van der Waals surface area contributed by atoms with Gasteiger partial charge in [0.15, 0.2) is 0 Å². The van der Waals surface area contributed by atoms with E-state index in [9.17, 15) is 0 Å². The van der Waals surface area contributed by atoms with Gasteiger partial charge < -0.3 is 4.74 Å². The molecule has 0 amide bonds. The van der Waals surface area contributed by atoms with Crippen LogP contribution in [0.2, 0.25) is 0 Å². The fourth-order valence-corrected chi connectivity index (χ4v) is 6.83. The summed E-state index contributed by atoms with van der Waals surface area (Å²) < 4.78 is 6.33. The molecule has 0 spiro atoms. The average Bonchev–Trinajstić information content (AvgIpc) is 3.03. The number of para-hydroxylation sites is 1. The quantitative estimate of drug-likeness (QED) is 0.206. The Morgan fingerprint density at radius 2 is 0.902 bits per heavy atom. The minimum absolute atomic E-state index is 0.908. The maximum Gasteiger partial charge on any atom is 0.135 e. The Labute approximate surface area is 237 Å². The van der Waals surface area contributed by atoms with E-state index in [1.54, 1.807) is 0 Å². The number of rotatable bonds is 2. The maximum absolute atomic E-state index is 6.33. The summed E-state index contributed by atoms with van der Waals surface area (Å²) in [6.07, 6.45) is 0. The first-order chi connectivity index (χ1) is 20.3. The molecule has 0 unspecified atom stereocenters. The molecule has 1 heterocycles. The van der Waals surface area contributed by atoms with Crippen molar-refractivity contribution >= 4 is 43.1 Å². The van der Waals surface area contributed by atoms with Crippen molar-refractivity contribution in [3.8, 4) is 44.9 Å². The highest BCUT2D eigenvalue weighted by Gasteiger charge is 2.23. The van der Waals surface area contributed by atoms with Crippen molar-refractivity contribution in [3.05, 3.63) is 146 Å². The van der Waals surface area contributed by atoms with E-state index >= 15 is 0 Å². The van der Waals surface area contributed by atoms with Gasteiger partial charge in [-0.2, -0.15) is 0 Å². The zero-order chi connectivity index (χ0) is 26.9. The van der Waals surface area contributed by atoms with Gasteiger partial charge in [0.2, 0.25) is 0 Å². The Morgan fingerprint density at radius 1 is 0.341 bits per heavy atom. The molecule has 9 rings (SSSR count). The van der Waals surface area contributed by atoms with Crippen molar-refractivity contribution in [3.63, 3.8) is 0 Å². The van der Waals surface area contributed by atoms with Gasteiger partial charge in [0.05, 0.1) is 0 Å². The Morgan fingerprint density at radius 3 is 1.66 bits per heavy atom. The highest BCUT2D eigenvalue weighted by atomic mass is 16.5. The highest BCUT2D eigenvalue weighted by molar-refractivity contribution is 6.22. The van der Waals surface area contributed by atoms with E-state index in [-0.39, 0.29) is 0 Å². The van der Waals surface area contributed by atoms with Gasteiger partial charge in [0.25, 0.3) is 0 Å². The molecule has 0 fully saturated rings. The predicted molar refractivity (Wildman–Crippen MR) is 173 cm³/mol. The Bertz CT molecular complexity index is 2290. The fourth-order valence-electron chi connectivity index (χ4n) is 6.83. The summed E-state index contributed by atoms with van der Waals surface area (Å²) in [5.41, 5.74) is 7.38. The van der Waals surface area contributed by atoms with Crippen molar-refractivity contribution in [2.45, 2.75) is 0 Å². The molecule has 0 saturated heterocycles. The molecule has 0 N–H and O–H groups in total. The molecule has 0 bridgehead atoms. The van der Waals surface area contributed by atoms with Gasteiger partial charge in [-0.1, -0.05) is 115 Å². The molecule has 0 saturated carbocycles. The molecule has 0 atom stereocenters. The first-order valence-corrected chi connectivity index (χ1v) is 14.1. The van der Waals surface area contributed by atoms with Gasteiger partial charge in [-0.05, 0) is 95.9 Å². The Balaban J connectivity index is 1.40. The van der Waals surface area contributed by atoms with Crippen molar-refractivity contribution in [2.24, 2.45) is 0 Å². The zero-order valence-corrected chi connectivity index (χ0v) is 22.3. The SMILES string of the molecule is c1ccc2c(c1)Oc1cccc3cc(-c4c5ccccc5c(-c5ccc6ccccc6c5)c5ccccc45)cc-2c13. The third kappa shape index (κ3) is 3.30. The zero-order valence-electron chi connectivity index (χ0n) is 22.3. The Hall–Kier alpha value is -5.40. The van der Waals surface area contributed by atoms with Gasteiger partial charge in [0.1, 0.15) is 11.5 Å². The van der Waals surface area contributed by atoms with Crippen molar-refractivity contribution < 1.29 is 4.74 Å². The highest BCUT2D eigenvalue weighted by Crippen LogP contribution is 2.50. The topological polar surface area (TPSA) is 9.23 Å². The second-order valence-electron chi connectivity index (χ2n) is 10.9. The summed E-state index contributed by atoms with van der Waals surface area (Å²) in [4.78, 5) is 0. The molecule has 0 aromatic heterocycles. The summed E-state index contributed by atoms with van der Waals surface area (Å²) in [5.74, 6) is 1.83. The van der Waals surface area contributed by atoms with Crippen LogP contribution in [0.5, 0.6) is 11.5 Å². The molecule has 1 aliphatic rings. The van der Waals surface area contributed by atoms with Crippen LogP contribution >= 0.6 is 0 Å². The molecule has 1 heteroatoms. The second kappa shape index (κ2) is 8.55. The molecule has 1 aliphatic heterocycles. The third-order valence-corrected chi connectivity index (χ3v) is 8.59. The van der Waals surface area contributed by atoms with E-state index in [0.29, 0.717) is 0 Å². The lowest BCUT2D eigenvalue weighted by molar-refractivity contribution is 0.487. The number of fused-ring (bicyclic) bond motifs is 5. The second-order valence-corrected chi connectivity index (χ2v) is 10.9. The third-order valence-electron chi connectivity index (χ3n) is 8.59. The lowest BCUT2D eigenvalue weighted by atomic mass is 9.84. The van der Waals surface area contributed by atoms with E-state index in [1.165, 1.54) is 70.9 Å². The van der Waals surface area contributed by atoms with E-state index in [0.717, 1.165) is 17.1 Å². The van der Waals surface area contributed by atoms with Gasteiger partial charge in [-0.25, -0.2) is 0 Å². The number of ether oxygens (including phenoxy) is 1. The predicted octanol–water partition coefficient (Wildman–Crippen LogP) is 11.4. The van der Waals surface area contributed by atoms with Crippen LogP contribution in [-0.4, -0.2) is 0 Å². The van der Waals surface area contributed by atoms with Gasteiger partial charge in [-0.15, -0.1) is 0 Å². The number of hydrogen-bond acceptors (Lipinski definition) is 1. The van der Waals surface area contributed by atoms with Gasteiger partial charge >= 0.3 is 0 Å². The van der Waals surface area contributed by atoms with Crippen LogP contribution in [0.3, 0.4) is 0 Å². The van der Waals surface area contributed by atoms with Crippen LogP contribution in [0.25, 0.3) is 76.5 Å². The molecular weight excluding hydrogens is 496 g/mol. The van der Waals surface area contributed by atoms with Crippen LogP contribution in [0.4, 0.5) is 0 Å². The van der Waals surface area contributed by atoms with E-state index < -0.39 is 0 Å². The lowest BCUT2D eigenvalue weighted by Crippen LogP contribution is -1.98. The maximum atomic E-state index is 6.33. The van der Waals surface area contributed by atoms with Crippen LogP contribution in [0.15, 0.2) is 146 Å². The summed E-state index contributed by atoms with van der Waals surface area (Å²) in [6, 6.07) is 52.7. The molecule has 190 valence electrons. The number of benzene rings is 8. The summed E-state index contributed by atoms with van der Waals surface area (Å²) in [6.45, 7) is 0. The average molecular weight is 521 g/mol. The van der Waals surface area contributed by atoms with E-state index in [2.05, 4.69) is 140 Å². The molecule has 0 aliphatic carbocycles. The number of hydrogen-bond donors (Lipinski definition) is 0. The molecule has 41 heavy (non-hydrogen) atoms. The first-order valence-electron chi connectivity index (χ1n) is 14.1. The van der Waals surface area contributed by atoms with E-state index in [1.807, 2.05) is 6.07 Å². The van der Waals surface area contributed by atoms with E-state index in [4.69, 9.17) is 4.74 Å². The molecule has 8 aromatic rings. The van der Waals surface area contributed by atoms with Crippen LogP contribution in [0.1, 0.15) is 0 Å². The van der Waals surface area contributed by atoms with Crippen molar-refractivity contribution in [1.29, 1.82) is 0 Å². The normalized spacial score (nSPS) is 12.1. The largest absolute Gasteiger partial charge is 0.456 e. The lowest BCUT2D eigenvalue weighted by Gasteiger charge is -2.23. The van der Waals surface area contributed by atoms with Crippen molar-refractivity contribution in [2.75, 3.05) is 0 Å². The standard InChI is InChI=1S/C40H24O/c1-2-11-26-22-28(21-20-25(26)10-1)38-31-14-3-5-16-33(31)39(34-17-6-4-15-32(34)38)29-23-27-12-9-19-37-40(27)35(24-29)30-13-7-8-18-36(30)41-37/h1-24H. The van der Waals surface area contributed by atoms with Gasteiger partial charge in [0, 0.05) is 10.9 Å². The van der Waals surface area contributed by atoms with Crippen LogP contribution in [-0.2, 0) is 0 Å². The Kier molecular flexibility index (Phi) is 4.67. The monoisotopic (exact) mass is 520 g/mol. The summed E-state index contributed by atoms with van der Waals surface area (Å²) in [5, 5.41) is 9.94.